The predicted octanol–water partition coefficient (Wildman–Crippen LogP) is 4.41. The van der Waals surface area contributed by atoms with E-state index in [1.165, 1.54) is 0 Å². The maximum Gasteiger partial charge on any atom is 0.183 e. The van der Waals surface area contributed by atoms with E-state index in [0.29, 0.717) is 13.2 Å². The Bertz CT molecular complexity index is 675. The van der Waals surface area contributed by atoms with Gasteiger partial charge >= 0.3 is 0 Å². The highest BCUT2D eigenvalue weighted by Gasteiger charge is 2.05. The molecule has 0 aliphatic heterocycles. The summed E-state index contributed by atoms with van der Waals surface area (Å²) in [7, 11) is 0. The van der Waals surface area contributed by atoms with Gasteiger partial charge in [-0.25, -0.2) is 4.98 Å². The Hall–Kier alpha value is -2.27. The van der Waals surface area contributed by atoms with Gasteiger partial charge in [-0.15, -0.1) is 11.3 Å². The summed E-state index contributed by atoms with van der Waals surface area (Å²) >= 11 is 1.59. The minimum Gasteiger partial charge on any atom is -0.494 e. The Morgan fingerprint density at radius 3 is 2.81 bits per heavy atom. The van der Waals surface area contributed by atoms with Gasteiger partial charge in [0.05, 0.1) is 25.1 Å². The van der Waals surface area contributed by atoms with Crippen LogP contribution in [0.25, 0.3) is 11.3 Å². The molecule has 3 rings (SSSR count). The van der Waals surface area contributed by atoms with Crippen LogP contribution in [0.1, 0.15) is 12.7 Å². The number of rotatable bonds is 6. The summed E-state index contributed by atoms with van der Waals surface area (Å²) in [4.78, 5) is 4.58. The lowest BCUT2D eigenvalue weighted by Gasteiger charge is -2.03. The lowest BCUT2D eigenvalue weighted by molar-refractivity contribution is 0.340. The summed E-state index contributed by atoms with van der Waals surface area (Å²) in [5, 5.41) is 6.18. The zero-order chi connectivity index (χ0) is 14.5. The summed E-state index contributed by atoms with van der Waals surface area (Å²) < 4.78 is 10.7. The van der Waals surface area contributed by atoms with Crippen molar-refractivity contribution in [3.8, 4) is 17.0 Å². The van der Waals surface area contributed by atoms with E-state index in [2.05, 4.69) is 10.3 Å². The Balaban J connectivity index is 1.66. The number of thiazole rings is 1. The zero-order valence-corrected chi connectivity index (χ0v) is 12.5. The van der Waals surface area contributed by atoms with Crippen molar-refractivity contribution in [1.82, 2.24) is 4.98 Å². The van der Waals surface area contributed by atoms with Crippen molar-refractivity contribution in [2.75, 3.05) is 11.9 Å². The largest absolute Gasteiger partial charge is 0.494 e. The molecule has 4 nitrogen and oxygen atoms in total. The highest BCUT2D eigenvalue weighted by atomic mass is 32.1. The van der Waals surface area contributed by atoms with Crippen LogP contribution in [0.5, 0.6) is 5.75 Å². The first-order valence-corrected chi connectivity index (χ1v) is 7.68. The molecular weight excluding hydrogens is 284 g/mol. The number of benzene rings is 1. The van der Waals surface area contributed by atoms with E-state index in [-0.39, 0.29) is 0 Å². The van der Waals surface area contributed by atoms with Gasteiger partial charge in [0.25, 0.3) is 0 Å². The molecule has 1 N–H and O–H groups in total. The van der Waals surface area contributed by atoms with Crippen molar-refractivity contribution < 1.29 is 9.15 Å². The second-order valence-electron chi connectivity index (χ2n) is 4.43. The third-order valence-corrected chi connectivity index (χ3v) is 3.76. The summed E-state index contributed by atoms with van der Waals surface area (Å²) in [5.74, 6) is 1.78. The van der Waals surface area contributed by atoms with Gasteiger partial charge in [-0.3, -0.25) is 0 Å². The van der Waals surface area contributed by atoms with Gasteiger partial charge < -0.3 is 14.5 Å². The molecule has 2 aromatic heterocycles. The van der Waals surface area contributed by atoms with Crippen LogP contribution in [0.2, 0.25) is 0 Å². The summed E-state index contributed by atoms with van der Waals surface area (Å²) in [6, 6.07) is 11.8. The summed E-state index contributed by atoms with van der Waals surface area (Å²) in [5.41, 5.74) is 2.05. The third-order valence-electron chi connectivity index (χ3n) is 2.96. The molecule has 0 radical (unpaired) electrons. The molecule has 0 saturated heterocycles. The standard InChI is InChI=1S/C16H16N2O2S/c1-2-19-13-7-5-12(6-8-13)15-11-21-16(18-15)17-10-14-4-3-9-20-14/h3-9,11H,2,10H2,1H3,(H,17,18). The highest BCUT2D eigenvalue weighted by Crippen LogP contribution is 2.26. The van der Waals surface area contributed by atoms with Crippen LogP contribution in [-0.2, 0) is 6.54 Å². The van der Waals surface area contributed by atoms with Gasteiger partial charge in [-0.2, -0.15) is 0 Å². The monoisotopic (exact) mass is 300 g/mol. The molecule has 3 aromatic rings. The minimum absolute atomic E-state index is 0.642. The molecule has 2 heterocycles. The van der Waals surface area contributed by atoms with E-state index in [9.17, 15) is 0 Å². The Kier molecular flexibility index (Phi) is 4.21. The molecule has 108 valence electrons. The Morgan fingerprint density at radius 1 is 1.24 bits per heavy atom. The number of aromatic nitrogens is 1. The number of nitrogens with zero attached hydrogens (tertiary/aromatic N) is 1. The van der Waals surface area contributed by atoms with Crippen LogP contribution in [0.3, 0.4) is 0 Å². The van der Waals surface area contributed by atoms with E-state index in [1.54, 1.807) is 17.6 Å². The van der Waals surface area contributed by atoms with Crippen molar-refractivity contribution in [1.29, 1.82) is 0 Å². The molecule has 0 spiro atoms. The van der Waals surface area contributed by atoms with Gasteiger partial charge in [-0.1, -0.05) is 0 Å². The Labute approximate surface area is 127 Å². The average molecular weight is 300 g/mol. The van der Waals surface area contributed by atoms with Crippen LogP contribution in [0.15, 0.2) is 52.5 Å². The lowest BCUT2D eigenvalue weighted by Crippen LogP contribution is -1.97. The SMILES string of the molecule is CCOc1ccc(-c2csc(NCc3ccco3)n2)cc1. The number of hydrogen-bond acceptors (Lipinski definition) is 5. The lowest BCUT2D eigenvalue weighted by atomic mass is 10.2. The molecule has 5 heteroatoms. The molecule has 0 aliphatic carbocycles. The van der Waals surface area contributed by atoms with Crippen LogP contribution in [0, 0.1) is 0 Å². The second kappa shape index (κ2) is 6.45. The fourth-order valence-corrected chi connectivity index (χ4v) is 2.67. The van der Waals surface area contributed by atoms with E-state index < -0.39 is 0 Å². The number of ether oxygens (including phenoxy) is 1. The normalized spacial score (nSPS) is 10.5. The van der Waals surface area contributed by atoms with Gasteiger partial charge in [0.15, 0.2) is 5.13 Å². The number of anilines is 1. The molecule has 1 aromatic carbocycles. The maximum absolute atomic E-state index is 5.44. The molecule has 0 saturated carbocycles. The molecular formula is C16H16N2O2S. The summed E-state index contributed by atoms with van der Waals surface area (Å²) in [6.07, 6.45) is 1.67. The molecule has 0 amide bonds. The topological polar surface area (TPSA) is 47.3 Å². The van der Waals surface area contributed by atoms with Gasteiger partial charge in [0, 0.05) is 10.9 Å². The van der Waals surface area contributed by atoms with Crippen LogP contribution >= 0.6 is 11.3 Å². The molecule has 0 aliphatic rings. The van der Waals surface area contributed by atoms with Crippen molar-refractivity contribution in [3.05, 3.63) is 53.8 Å². The first kappa shape index (κ1) is 13.7. The molecule has 21 heavy (non-hydrogen) atoms. The van der Waals surface area contributed by atoms with Crippen molar-refractivity contribution in [2.24, 2.45) is 0 Å². The smallest absolute Gasteiger partial charge is 0.183 e. The molecule has 0 bridgehead atoms. The van der Waals surface area contributed by atoms with Crippen molar-refractivity contribution >= 4 is 16.5 Å². The fraction of sp³-hybridized carbons (Fsp3) is 0.188. The van der Waals surface area contributed by atoms with Crippen LogP contribution < -0.4 is 10.1 Å². The zero-order valence-electron chi connectivity index (χ0n) is 11.7. The molecule has 0 fully saturated rings. The molecule has 0 unspecified atom stereocenters. The number of furan rings is 1. The first-order chi connectivity index (χ1) is 10.3. The average Bonchev–Trinajstić information content (AvgIpc) is 3.18. The van der Waals surface area contributed by atoms with Crippen molar-refractivity contribution in [3.63, 3.8) is 0 Å². The van der Waals surface area contributed by atoms with E-state index in [1.807, 2.05) is 48.7 Å². The van der Waals surface area contributed by atoms with Crippen LogP contribution in [-0.4, -0.2) is 11.6 Å². The predicted molar refractivity (Wildman–Crippen MR) is 84.8 cm³/mol. The third kappa shape index (κ3) is 3.44. The molecule has 0 atom stereocenters. The number of nitrogens with one attached hydrogen (secondary N) is 1. The number of hydrogen-bond donors (Lipinski definition) is 1. The second-order valence-corrected chi connectivity index (χ2v) is 5.29. The fourth-order valence-electron chi connectivity index (χ4n) is 1.95. The van der Waals surface area contributed by atoms with Gasteiger partial charge in [0.1, 0.15) is 11.5 Å². The van der Waals surface area contributed by atoms with Crippen LogP contribution in [0.4, 0.5) is 5.13 Å². The van der Waals surface area contributed by atoms with Crippen molar-refractivity contribution in [2.45, 2.75) is 13.5 Å². The Morgan fingerprint density at radius 2 is 2.10 bits per heavy atom. The summed E-state index contributed by atoms with van der Waals surface area (Å²) in [6.45, 7) is 3.30. The van der Waals surface area contributed by atoms with Gasteiger partial charge in [0.2, 0.25) is 0 Å². The maximum atomic E-state index is 5.44. The first-order valence-electron chi connectivity index (χ1n) is 6.80. The minimum atomic E-state index is 0.642. The van der Waals surface area contributed by atoms with E-state index in [0.717, 1.165) is 27.9 Å². The van der Waals surface area contributed by atoms with E-state index >= 15 is 0 Å². The highest BCUT2D eigenvalue weighted by molar-refractivity contribution is 7.14. The van der Waals surface area contributed by atoms with E-state index in [4.69, 9.17) is 9.15 Å². The quantitative estimate of drug-likeness (QED) is 0.732. The van der Waals surface area contributed by atoms with Gasteiger partial charge in [-0.05, 0) is 43.3 Å².